The molecule has 1 aliphatic heterocycles. The van der Waals surface area contributed by atoms with Crippen LogP contribution in [0.15, 0.2) is 48.5 Å². The topological polar surface area (TPSA) is 117 Å². The van der Waals surface area contributed by atoms with Crippen LogP contribution in [0.4, 0.5) is 0 Å². The summed E-state index contributed by atoms with van der Waals surface area (Å²) in [6.45, 7) is 1.65. The van der Waals surface area contributed by atoms with Crippen LogP contribution < -0.4 is 14.8 Å². The first-order valence-corrected chi connectivity index (χ1v) is 9.44. The van der Waals surface area contributed by atoms with E-state index in [0.717, 1.165) is 11.1 Å². The molecule has 158 valence electrons. The van der Waals surface area contributed by atoms with E-state index >= 15 is 0 Å². The third kappa shape index (κ3) is 4.86. The van der Waals surface area contributed by atoms with Gasteiger partial charge in [0.2, 0.25) is 6.79 Å². The van der Waals surface area contributed by atoms with Crippen LogP contribution in [0.1, 0.15) is 17.0 Å². The first-order chi connectivity index (χ1) is 15.1. The zero-order chi connectivity index (χ0) is 21.6. The van der Waals surface area contributed by atoms with Gasteiger partial charge in [0, 0.05) is 6.54 Å². The first-order valence-electron chi connectivity index (χ1n) is 9.44. The molecule has 0 atom stereocenters. The Bertz CT molecular complexity index is 1130. The summed E-state index contributed by atoms with van der Waals surface area (Å²) < 4.78 is 17.0. The van der Waals surface area contributed by atoms with Gasteiger partial charge in [-0.15, -0.1) is 5.10 Å². The second-order valence-electron chi connectivity index (χ2n) is 6.62. The number of esters is 1. The Labute approximate surface area is 177 Å². The average Bonchev–Trinajstić information content (AvgIpc) is 3.43. The van der Waals surface area contributed by atoms with Crippen molar-refractivity contribution < 1.29 is 23.8 Å². The number of nitrogens with zero attached hydrogens (tertiary/aromatic N) is 4. The lowest BCUT2D eigenvalue weighted by molar-refractivity contribution is -0.143. The molecule has 1 N–H and O–H groups in total. The lowest BCUT2D eigenvalue weighted by atomic mass is 10.2. The Balaban J connectivity index is 1.38. The molecule has 0 radical (unpaired) electrons. The SMILES string of the molecule is Cc1nnnn1/C(=C/c1ccccc1)C(=O)OCC(=O)NCc1ccc2c(c1)OCO2. The van der Waals surface area contributed by atoms with Crippen LogP contribution >= 0.6 is 0 Å². The maximum absolute atomic E-state index is 12.7. The van der Waals surface area contributed by atoms with E-state index in [4.69, 9.17) is 14.2 Å². The summed E-state index contributed by atoms with van der Waals surface area (Å²) in [5.41, 5.74) is 1.69. The summed E-state index contributed by atoms with van der Waals surface area (Å²) in [7, 11) is 0. The molecule has 1 aromatic heterocycles. The fraction of sp³-hybridized carbons (Fsp3) is 0.190. The fourth-order valence-electron chi connectivity index (χ4n) is 2.88. The number of hydrogen-bond acceptors (Lipinski definition) is 8. The molecular weight excluding hydrogens is 402 g/mol. The Morgan fingerprint density at radius 3 is 2.74 bits per heavy atom. The number of carbonyl (C=O) groups excluding carboxylic acids is 2. The van der Waals surface area contributed by atoms with Crippen molar-refractivity contribution in [2.75, 3.05) is 13.4 Å². The highest BCUT2D eigenvalue weighted by molar-refractivity contribution is 6.15. The fourth-order valence-corrected chi connectivity index (χ4v) is 2.88. The number of hydrogen-bond donors (Lipinski definition) is 1. The number of carbonyl (C=O) groups is 2. The number of fused-ring (bicyclic) bond motifs is 1. The summed E-state index contributed by atoms with van der Waals surface area (Å²) in [5, 5.41) is 13.9. The van der Waals surface area contributed by atoms with Crippen LogP contribution in [0.5, 0.6) is 11.5 Å². The minimum atomic E-state index is -0.725. The van der Waals surface area contributed by atoms with E-state index in [0.29, 0.717) is 17.3 Å². The van der Waals surface area contributed by atoms with Crippen LogP contribution in [-0.4, -0.2) is 45.5 Å². The van der Waals surface area contributed by atoms with E-state index in [-0.39, 0.29) is 19.0 Å². The normalized spacial score (nSPS) is 12.5. The summed E-state index contributed by atoms with van der Waals surface area (Å²) in [6, 6.07) is 14.6. The molecule has 4 rings (SSSR count). The maximum atomic E-state index is 12.7. The summed E-state index contributed by atoms with van der Waals surface area (Å²) in [6.07, 6.45) is 1.59. The average molecular weight is 421 g/mol. The number of ether oxygens (including phenoxy) is 3. The lowest BCUT2D eigenvalue weighted by Gasteiger charge is -2.10. The van der Waals surface area contributed by atoms with E-state index in [1.54, 1.807) is 25.1 Å². The third-order valence-corrected chi connectivity index (χ3v) is 4.43. The zero-order valence-corrected chi connectivity index (χ0v) is 16.6. The van der Waals surface area contributed by atoms with Gasteiger partial charge in [0.25, 0.3) is 5.91 Å². The Morgan fingerprint density at radius 2 is 1.97 bits per heavy atom. The van der Waals surface area contributed by atoms with Gasteiger partial charge in [-0.05, 0) is 46.7 Å². The van der Waals surface area contributed by atoms with Gasteiger partial charge in [-0.1, -0.05) is 36.4 Å². The van der Waals surface area contributed by atoms with Crippen LogP contribution in [-0.2, 0) is 20.9 Å². The highest BCUT2D eigenvalue weighted by atomic mass is 16.7. The van der Waals surface area contributed by atoms with Crippen molar-refractivity contribution in [2.24, 2.45) is 0 Å². The van der Waals surface area contributed by atoms with Crippen molar-refractivity contribution >= 4 is 23.6 Å². The van der Waals surface area contributed by atoms with Gasteiger partial charge in [-0.2, -0.15) is 4.68 Å². The molecule has 1 aliphatic rings. The first kappa shape index (κ1) is 20.1. The smallest absolute Gasteiger partial charge is 0.357 e. The van der Waals surface area contributed by atoms with Gasteiger partial charge >= 0.3 is 5.97 Å². The van der Waals surface area contributed by atoms with Gasteiger partial charge in [-0.3, -0.25) is 4.79 Å². The van der Waals surface area contributed by atoms with Crippen LogP contribution in [0.25, 0.3) is 11.8 Å². The van der Waals surface area contributed by atoms with E-state index in [1.165, 1.54) is 4.68 Å². The minimum absolute atomic E-state index is 0.0947. The summed E-state index contributed by atoms with van der Waals surface area (Å²) in [5.74, 6) is 0.535. The van der Waals surface area contributed by atoms with E-state index in [1.807, 2.05) is 36.4 Å². The second kappa shape index (κ2) is 9.08. The molecule has 10 nitrogen and oxygen atoms in total. The number of amides is 1. The molecule has 0 saturated carbocycles. The summed E-state index contributed by atoms with van der Waals surface area (Å²) in [4.78, 5) is 24.9. The zero-order valence-electron chi connectivity index (χ0n) is 16.6. The van der Waals surface area contributed by atoms with Crippen LogP contribution in [0.2, 0.25) is 0 Å². The number of rotatable bonds is 7. The second-order valence-corrected chi connectivity index (χ2v) is 6.62. The van der Waals surface area contributed by atoms with Crippen molar-refractivity contribution in [1.29, 1.82) is 0 Å². The largest absolute Gasteiger partial charge is 0.454 e. The van der Waals surface area contributed by atoms with Crippen molar-refractivity contribution in [1.82, 2.24) is 25.5 Å². The number of nitrogens with one attached hydrogen (secondary N) is 1. The van der Waals surface area contributed by atoms with Gasteiger partial charge in [0.15, 0.2) is 29.6 Å². The molecule has 0 spiro atoms. The van der Waals surface area contributed by atoms with Gasteiger partial charge in [0.1, 0.15) is 0 Å². The monoisotopic (exact) mass is 421 g/mol. The van der Waals surface area contributed by atoms with Crippen molar-refractivity contribution in [3.63, 3.8) is 0 Å². The van der Waals surface area contributed by atoms with Crippen LogP contribution in [0.3, 0.4) is 0 Å². The predicted octanol–water partition coefficient (Wildman–Crippen LogP) is 1.57. The molecule has 1 amide bonds. The van der Waals surface area contributed by atoms with Crippen molar-refractivity contribution in [2.45, 2.75) is 13.5 Å². The number of tetrazole rings is 1. The van der Waals surface area contributed by atoms with Crippen LogP contribution in [0, 0.1) is 6.92 Å². The van der Waals surface area contributed by atoms with E-state index in [2.05, 4.69) is 20.8 Å². The molecular formula is C21H19N5O5. The molecule has 2 aromatic carbocycles. The molecule has 0 bridgehead atoms. The van der Waals surface area contributed by atoms with Crippen molar-refractivity contribution in [3.05, 3.63) is 65.5 Å². The third-order valence-electron chi connectivity index (χ3n) is 4.43. The minimum Gasteiger partial charge on any atom is -0.454 e. The van der Waals surface area contributed by atoms with Gasteiger partial charge < -0.3 is 19.5 Å². The highest BCUT2D eigenvalue weighted by Gasteiger charge is 2.19. The lowest BCUT2D eigenvalue weighted by Crippen LogP contribution is -2.29. The molecule has 10 heteroatoms. The molecule has 0 unspecified atom stereocenters. The number of benzene rings is 2. The number of aromatic nitrogens is 4. The quantitative estimate of drug-likeness (QED) is 0.451. The van der Waals surface area contributed by atoms with E-state index < -0.39 is 18.5 Å². The van der Waals surface area contributed by atoms with Crippen molar-refractivity contribution in [3.8, 4) is 11.5 Å². The molecule has 3 aromatic rings. The Hall–Kier alpha value is -4.21. The molecule has 31 heavy (non-hydrogen) atoms. The molecule has 0 fully saturated rings. The van der Waals surface area contributed by atoms with Gasteiger partial charge in [0.05, 0.1) is 0 Å². The molecule has 0 aliphatic carbocycles. The summed E-state index contributed by atoms with van der Waals surface area (Å²) >= 11 is 0. The standard InChI is InChI=1S/C21H19N5O5/c1-14-23-24-25-26(14)17(9-15-5-3-2-4-6-15)21(28)29-12-20(27)22-11-16-7-8-18-19(10-16)31-13-30-18/h2-10H,11-13H2,1H3,(H,22,27)/b17-9+. The van der Waals surface area contributed by atoms with E-state index in [9.17, 15) is 9.59 Å². The predicted molar refractivity (Wildman–Crippen MR) is 109 cm³/mol. The Kier molecular flexibility index (Phi) is 5.88. The number of aryl methyl sites for hydroxylation is 1. The maximum Gasteiger partial charge on any atom is 0.357 e. The Morgan fingerprint density at radius 1 is 1.16 bits per heavy atom. The van der Waals surface area contributed by atoms with Gasteiger partial charge in [-0.25, -0.2) is 4.79 Å². The molecule has 0 saturated heterocycles. The molecule has 2 heterocycles. The highest BCUT2D eigenvalue weighted by Crippen LogP contribution is 2.32.